The summed E-state index contributed by atoms with van der Waals surface area (Å²) in [6, 6.07) is 10.5. The summed E-state index contributed by atoms with van der Waals surface area (Å²) >= 11 is 6.44. The molecule has 0 unspecified atom stereocenters. The molecular weight excluding hydrogens is 433 g/mol. The Morgan fingerprint density at radius 1 is 1.19 bits per heavy atom. The van der Waals surface area contributed by atoms with Crippen LogP contribution >= 0.6 is 11.6 Å². The highest BCUT2D eigenvalue weighted by Crippen LogP contribution is 2.28. The van der Waals surface area contributed by atoms with Gasteiger partial charge in [-0.3, -0.25) is 9.36 Å². The molecule has 2 aromatic carbocycles. The molecule has 8 nitrogen and oxygen atoms in total. The normalized spacial score (nSPS) is 12.3. The predicted octanol–water partition coefficient (Wildman–Crippen LogP) is 4.41. The van der Waals surface area contributed by atoms with Crippen molar-refractivity contribution in [1.29, 1.82) is 0 Å². The van der Waals surface area contributed by atoms with Crippen LogP contribution in [0.5, 0.6) is 0 Å². The summed E-state index contributed by atoms with van der Waals surface area (Å²) in [7, 11) is 0. The first-order chi connectivity index (χ1) is 15.6. The van der Waals surface area contributed by atoms with E-state index in [0.29, 0.717) is 45.5 Å². The molecule has 32 heavy (non-hydrogen) atoms. The van der Waals surface area contributed by atoms with E-state index in [1.807, 2.05) is 6.92 Å². The summed E-state index contributed by atoms with van der Waals surface area (Å²) in [5, 5.41) is 3.88. The first kappa shape index (κ1) is 20.1. The number of halogens is 2. The molecule has 10 heteroatoms. The van der Waals surface area contributed by atoms with Gasteiger partial charge < -0.3 is 10.3 Å². The average molecular weight is 450 g/mol. The van der Waals surface area contributed by atoms with Gasteiger partial charge in [-0.2, -0.15) is 0 Å². The lowest BCUT2D eigenvalue weighted by Gasteiger charge is -2.22. The fourth-order valence-corrected chi connectivity index (χ4v) is 3.88. The van der Waals surface area contributed by atoms with Crippen LogP contribution in [0.2, 0.25) is 5.02 Å². The molecular formula is C22H17ClFN7O. The molecule has 0 radical (unpaired) electrons. The van der Waals surface area contributed by atoms with Crippen molar-refractivity contribution in [2.75, 3.05) is 5.32 Å². The molecule has 0 aliphatic rings. The Labute approximate surface area is 186 Å². The van der Waals surface area contributed by atoms with Crippen LogP contribution in [-0.4, -0.2) is 29.5 Å². The number of hydrogen-bond donors (Lipinski definition) is 2. The van der Waals surface area contributed by atoms with E-state index in [1.54, 1.807) is 24.3 Å². The van der Waals surface area contributed by atoms with Crippen LogP contribution in [0.25, 0.3) is 27.8 Å². The van der Waals surface area contributed by atoms with Gasteiger partial charge in [0.1, 0.15) is 23.5 Å². The van der Waals surface area contributed by atoms with Gasteiger partial charge in [-0.25, -0.2) is 24.3 Å². The lowest BCUT2D eigenvalue weighted by Crippen LogP contribution is -2.28. The number of aromatic amines is 1. The Hall–Kier alpha value is -3.85. The first-order valence-corrected chi connectivity index (χ1v) is 10.3. The third-order valence-electron chi connectivity index (χ3n) is 5.20. The van der Waals surface area contributed by atoms with Crippen molar-refractivity contribution in [3.63, 3.8) is 0 Å². The summed E-state index contributed by atoms with van der Waals surface area (Å²) in [6.07, 6.45) is 3.53. The number of nitrogens with one attached hydrogen (secondary N) is 2. The van der Waals surface area contributed by atoms with E-state index in [1.165, 1.54) is 35.4 Å². The third-order valence-corrected chi connectivity index (χ3v) is 5.52. The largest absolute Gasteiger partial charge is 0.358 e. The monoisotopic (exact) mass is 449 g/mol. The van der Waals surface area contributed by atoms with Crippen LogP contribution in [0.15, 0.2) is 59.9 Å². The van der Waals surface area contributed by atoms with Crippen LogP contribution < -0.4 is 10.9 Å². The molecule has 0 amide bonds. The summed E-state index contributed by atoms with van der Waals surface area (Å²) in [5.41, 5.74) is 1.59. The van der Waals surface area contributed by atoms with Crippen molar-refractivity contribution in [1.82, 2.24) is 29.5 Å². The van der Waals surface area contributed by atoms with Crippen molar-refractivity contribution in [3.05, 3.63) is 82.1 Å². The molecule has 5 aromatic rings. The second-order valence-electron chi connectivity index (χ2n) is 7.15. The lowest BCUT2D eigenvalue weighted by molar-refractivity contribution is 0.628. The number of imidazole rings is 1. The molecule has 3 aromatic heterocycles. The molecule has 1 atom stereocenters. The van der Waals surface area contributed by atoms with Gasteiger partial charge in [-0.05, 0) is 36.8 Å². The molecule has 0 bridgehead atoms. The maximum Gasteiger partial charge on any atom is 0.266 e. The van der Waals surface area contributed by atoms with E-state index in [-0.39, 0.29) is 5.39 Å². The zero-order chi connectivity index (χ0) is 22.2. The summed E-state index contributed by atoms with van der Waals surface area (Å²) in [6.45, 7) is 1.96. The fourth-order valence-electron chi connectivity index (χ4n) is 3.66. The van der Waals surface area contributed by atoms with E-state index in [9.17, 15) is 9.18 Å². The third kappa shape index (κ3) is 3.36. The summed E-state index contributed by atoms with van der Waals surface area (Å²) in [4.78, 5) is 34.0. The second kappa shape index (κ2) is 8.01. The predicted molar refractivity (Wildman–Crippen MR) is 121 cm³/mol. The highest BCUT2D eigenvalue weighted by atomic mass is 35.5. The highest BCUT2D eigenvalue weighted by Gasteiger charge is 2.23. The maximum absolute atomic E-state index is 13.9. The van der Waals surface area contributed by atoms with Gasteiger partial charge in [0, 0.05) is 0 Å². The average Bonchev–Trinajstić information content (AvgIpc) is 3.28. The van der Waals surface area contributed by atoms with Crippen LogP contribution in [0, 0.1) is 5.82 Å². The number of aromatic nitrogens is 6. The van der Waals surface area contributed by atoms with E-state index < -0.39 is 17.4 Å². The Balaban J connectivity index is 1.75. The van der Waals surface area contributed by atoms with Gasteiger partial charge in [0.25, 0.3) is 5.56 Å². The van der Waals surface area contributed by atoms with Crippen LogP contribution in [-0.2, 0) is 0 Å². The van der Waals surface area contributed by atoms with Gasteiger partial charge >= 0.3 is 0 Å². The van der Waals surface area contributed by atoms with Crippen molar-refractivity contribution in [2.24, 2.45) is 0 Å². The van der Waals surface area contributed by atoms with Crippen LogP contribution in [0.3, 0.4) is 0 Å². The van der Waals surface area contributed by atoms with Gasteiger partial charge in [0.05, 0.1) is 34.0 Å². The molecule has 2 N–H and O–H groups in total. The molecule has 0 aliphatic heterocycles. The molecule has 0 spiro atoms. The van der Waals surface area contributed by atoms with Gasteiger partial charge in [-0.15, -0.1) is 0 Å². The van der Waals surface area contributed by atoms with E-state index in [4.69, 9.17) is 16.6 Å². The number of rotatable bonds is 5. The SMILES string of the molecule is CC[C@@H](Nc1ncnc2[nH]cnc12)c1nc2ccc(F)cc2c(=O)n1-c1ccccc1Cl. The maximum atomic E-state index is 13.9. The zero-order valence-corrected chi connectivity index (χ0v) is 17.6. The second-order valence-corrected chi connectivity index (χ2v) is 7.56. The minimum atomic E-state index is -0.512. The van der Waals surface area contributed by atoms with E-state index >= 15 is 0 Å². The van der Waals surface area contributed by atoms with Crippen LogP contribution in [0.4, 0.5) is 10.2 Å². The Kier molecular flexibility index (Phi) is 5.02. The number of hydrogen-bond acceptors (Lipinski definition) is 6. The molecule has 3 heterocycles. The highest BCUT2D eigenvalue weighted by molar-refractivity contribution is 6.32. The van der Waals surface area contributed by atoms with Crippen LogP contribution in [0.1, 0.15) is 25.2 Å². The zero-order valence-electron chi connectivity index (χ0n) is 16.9. The number of nitrogens with zero attached hydrogens (tertiary/aromatic N) is 5. The molecule has 0 saturated carbocycles. The quantitative estimate of drug-likeness (QED) is 0.412. The summed E-state index contributed by atoms with van der Waals surface area (Å²) in [5.74, 6) is 0.413. The van der Waals surface area contributed by atoms with Gasteiger partial charge in [-0.1, -0.05) is 30.7 Å². The van der Waals surface area contributed by atoms with E-state index in [2.05, 4.69) is 25.3 Å². The molecule has 0 saturated heterocycles. The fraction of sp³-hybridized carbons (Fsp3) is 0.136. The van der Waals surface area contributed by atoms with Gasteiger partial charge in [0.15, 0.2) is 11.5 Å². The number of benzene rings is 2. The molecule has 0 fully saturated rings. The molecule has 0 aliphatic carbocycles. The van der Waals surface area contributed by atoms with Crippen molar-refractivity contribution >= 4 is 39.5 Å². The topological polar surface area (TPSA) is 101 Å². The van der Waals surface area contributed by atoms with Gasteiger partial charge in [0.2, 0.25) is 0 Å². The standard InChI is InChI=1S/C22H17ClFN7O/c1-2-15(29-20-18-19(26-10-25-18)27-11-28-20)21-30-16-8-7-12(24)9-13(16)22(32)31(21)17-6-4-3-5-14(17)23/h3-11,15H,2H2,1H3,(H2,25,26,27,28,29)/t15-/m1/s1. The number of anilines is 1. The smallest absolute Gasteiger partial charge is 0.266 e. The summed E-state index contributed by atoms with van der Waals surface area (Å²) < 4.78 is 15.3. The molecule has 160 valence electrons. The Morgan fingerprint density at radius 2 is 2.03 bits per heavy atom. The number of H-pyrrole nitrogens is 1. The first-order valence-electron chi connectivity index (χ1n) is 9.94. The molecule has 5 rings (SSSR count). The Bertz CT molecular complexity index is 1510. The minimum Gasteiger partial charge on any atom is -0.358 e. The van der Waals surface area contributed by atoms with Crippen molar-refractivity contribution in [3.8, 4) is 5.69 Å². The Morgan fingerprint density at radius 3 is 2.84 bits per heavy atom. The number of fused-ring (bicyclic) bond motifs is 2. The minimum absolute atomic E-state index is 0.167. The number of para-hydroxylation sites is 1. The lowest BCUT2D eigenvalue weighted by atomic mass is 10.1. The van der Waals surface area contributed by atoms with Crippen molar-refractivity contribution < 1.29 is 4.39 Å². The van der Waals surface area contributed by atoms with E-state index in [0.717, 1.165) is 0 Å². The van der Waals surface area contributed by atoms with Crippen molar-refractivity contribution in [2.45, 2.75) is 19.4 Å².